The van der Waals surface area contributed by atoms with Crippen molar-refractivity contribution in [3.05, 3.63) is 12.4 Å². The molecule has 1 saturated heterocycles. The summed E-state index contributed by atoms with van der Waals surface area (Å²) in [6.45, 7) is 3.32. The molecule has 4 heteroatoms. The zero-order valence-electron chi connectivity index (χ0n) is 7.82. The summed E-state index contributed by atoms with van der Waals surface area (Å²) >= 11 is 0. The van der Waals surface area contributed by atoms with E-state index in [-0.39, 0.29) is 0 Å². The smallest absolute Gasteiger partial charge is 0.0693 e. The largest absolute Gasteiger partial charge is 0.316 e. The van der Waals surface area contributed by atoms with Crippen LogP contribution in [0.25, 0.3) is 0 Å². The van der Waals surface area contributed by atoms with Gasteiger partial charge in [-0.15, -0.1) is 0 Å². The van der Waals surface area contributed by atoms with Gasteiger partial charge in [0, 0.05) is 0 Å². The van der Waals surface area contributed by atoms with E-state index in [1.165, 1.54) is 32.4 Å². The van der Waals surface area contributed by atoms with Crippen molar-refractivity contribution in [2.24, 2.45) is 5.92 Å². The summed E-state index contributed by atoms with van der Waals surface area (Å²) in [5.41, 5.74) is 0. The predicted molar refractivity (Wildman–Crippen MR) is 50.2 cm³/mol. The molecule has 0 aliphatic carbocycles. The second-order valence-electron chi connectivity index (χ2n) is 3.63. The van der Waals surface area contributed by atoms with Gasteiger partial charge in [0.05, 0.1) is 18.9 Å². The molecule has 1 aliphatic rings. The lowest BCUT2D eigenvalue weighted by Crippen LogP contribution is -2.30. The normalized spacial score (nSPS) is 23.2. The molecule has 0 radical (unpaired) electrons. The van der Waals surface area contributed by atoms with Gasteiger partial charge in [0.1, 0.15) is 0 Å². The Morgan fingerprint density at radius 3 is 2.92 bits per heavy atom. The molecular weight excluding hydrogens is 164 g/mol. The molecule has 0 bridgehead atoms. The van der Waals surface area contributed by atoms with E-state index in [9.17, 15) is 0 Å². The number of piperidine rings is 1. The standard InChI is InChI=1S/C9H16N4/c1-2-9(8-10-4-1)3-7-13-11-5-6-12-13/h5-6,9-10H,1-4,7-8H2. The van der Waals surface area contributed by atoms with Gasteiger partial charge in [-0.2, -0.15) is 15.0 Å². The molecule has 4 nitrogen and oxygen atoms in total. The van der Waals surface area contributed by atoms with Crippen LogP contribution in [-0.4, -0.2) is 28.1 Å². The third-order valence-corrected chi connectivity index (χ3v) is 2.60. The molecule has 1 unspecified atom stereocenters. The van der Waals surface area contributed by atoms with Crippen molar-refractivity contribution in [3.8, 4) is 0 Å². The molecule has 2 heterocycles. The van der Waals surface area contributed by atoms with E-state index < -0.39 is 0 Å². The van der Waals surface area contributed by atoms with Crippen molar-refractivity contribution in [1.82, 2.24) is 20.3 Å². The number of aromatic nitrogens is 3. The first-order valence-electron chi connectivity index (χ1n) is 5.00. The van der Waals surface area contributed by atoms with Crippen LogP contribution in [0.3, 0.4) is 0 Å². The molecule has 1 aromatic heterocycles. The summed E-state index contributed by atoms with van der Waals surface area (Å²) in [7, 11) is 0. The summed E-state index contributed by atoms with van der Waals surface area (Å²) in [5, 5.41) is 11.6. The van der Waals surface area contributed by atoms with Crippen molar-refractivity contribution in [1.29, 1.82) is 0 Å². The molecule has 1 N–H and O–H groups in total. The summed E-state index contributed by atoms with van der Waals surface area (Å²) in [4.78, 5) is 1.77. The third-order valence-electron chi connectivity index (χ3n) is 2.60. The molecule has 72 valence electrons. The van der Waals surface area contributed by atoms with Crippen LogP contribution in [0.15, 0.2) is 12.4 Å². The highest BCUT2D eigenvalue weighted by Gasteiger charge is 2.12. The maximum Gasteiger partial charge on any atom is 0.0693 e. The molecular formula is C9H16N4. The van der Waals surface area contributed by atoms with Crippen LogP contribution in [0.2, 0.25) is 0 Å². The predicted octanol–water partition coefficient (Wildman–Crippen LogP) is 0.668. The van der Waals surface area contributed by atoms with Crippen molar-refractivity contribution in [3.63, 3.8) is 0 Å². The molecule has 1 atom stereocenters. The first-order chi connectivity index (χ1) is 6.45. The van der Waals surface area contributed by atoms with Gasteiger partial charge in [-0.25, -0.2) is 0 Å². The molecule has 2 rings (SSSR count). The summed E-state index contributed by atoms with van der Waals surface area (Å²) < 4.78 is 0. The van der Waals surface area contributed by atoms with Crippen LogP contribution in [0.1, 0.15) is 19.3 Å². The fraction of sp³-hybridized carbons (Fsp3) is 0.778. The van der Waals surface area contributed by atoms with Gasteiger partial charge in [-0.3, -0.25) is 0 Å². The van der Waals surface area contributed by atoms with Gasteiger partial charge in [0.15, 0.2) is 0 Å². The number of nitrogens with zero attached hydrogens (tertiary/aromatic N) is 3. The molecule has 0 saturated carbocycles. The minimum Gasteiger partial charge on any atom is -0.316 e. The van der Waals surface area contributed by atoms with Gasteiger partial charge < -0.3 is 5.32 Å². The topological polar surface area (TPSA) is 42.7 Å². The van der Waals surface area contributed by atoms with Gasteiger partial charge in [-0.05, 0) is 38.3 Å². The molecule has 0 spiro atoms. The highest BCUT2D eigenvalue weighted by Crippen LogP contribution is 2.14. The van der Waals surface area contributed by atoms with Crippen molar-refractivity contribution >= 4 is 0 Å². The minimum atomic E-state index is 0.819. The van der Waals surface area contributed by atoms with Crippen LogP contribution in [0.4, 0.5) is 0 Å². The SMILES string of the molecule is c1cnn(CCC2CCCNC2)n1. The van der Waals surface area contributed by atoms with Crippen molar-refractivity contribution in [2.45, 2.75) is 25.8 Å². The summed E-state index contributed by atoms with van der Waals surface area (Å²) in [6.07, 6.45) is 7.34. The molecule has 1 fully saturated rings. The van der Waals surface area contributed by atoms with E-state index in [1.54, 1.807) is 17.2 Å². The quantitative estimate of drug-likeness (QED) is 0.743. The van der Waals surface area contributed by atoms with E-state index in [1.807, 2.05) is 0 Å². The highest BCUT2D eigenvalue weighted by molar-refractivity contribution is 4.69. The molecule has 1 aliphatic heterocycles. The van der Waals surface area contributed by atoms with Gasteiger partial charge in [0.2, 0.25) is 0 Å². The number of nitrogens with one attached hydrogen (secondary N) is 1. The zero-order chi connectivity index (χ0) is 8.93. The van der Waals surface area contributed by atoms with Crippen LogP contribution in [0.5, 0.6) is 0 Å². The minimum absolute atomic E-state index is 0.819. The number of aryl methyl sites for hydroxylation is 1. The van der Waals surface area contributed by atoms with Gasteiger partial charge >= 0.3 is 0 Å². The Bertz CT molecular complexity index is 226. The van der Waals surface area contributed by atoms with E-state index in [2.05, 4.69) is 15.5 Å². The number of hydrogen-bond donors (Lipinski definition) is 1. The zero-order valence-corrected chi connectivity index (χ0v) is 7.82. The van der Waals surface area contributed by atoms with E-state index in [0.717, 1.165) is 12.5 Å². The Morgan fingerprint density at radius 1 is 1.38 bits per heavy atom. The third kappa shape index (κ3) is 2.52. The molecule has 1 aromatic rings. The van der Waals surface area contributed by atoms with E-state index >= 15 is 0 Å². The first kappa shape index (κ1) is 8.69. The Labute approximate surface area is 78.3 Å². The number of rotatable bonds is 3. The molecule has 0 amide bonds. The van der Waals surface area contributed by atoms with Crippen LogP contribution < -0.4 is 5.32 Å². The van der Waals surface area contributed by atoms with E-state index in [0.29, 0.717) is 0 Å². The summed E-state index contributed by atoms with van der Waals surface area (Å²) in [6, 6.07) is 0. The van der Waals surface area contributed by atoms with Crippen LogP contribution >= 0.6 is 0 Å². The van der Waals surface area contributed by atoms with Crippen molar-refractivity contribution < 1.29 is 0 Å². The Morgan fingerprint density at radius 2 is 2.23 bits per heavy atom. The lowest BCUT2D eigenvalue weighted by atomic mass is 9.96. The molecule has 0 aromatic carbocycles. The number of hydrogen-bond acceptors (Lipinski definition) is 3. The lowest BCUT2D eigenvalue weighted by molar-refractivity contribution is 0.327. The van der Waals surface area contributed by atoms with Crippen LogP contribution in [-0.2, 0) is 6.54 Å². The Balaban J connectivity index is 1.72. The van der Waals surface area contributed by atoms with Gasteiger partial charge in [0.25, 0.3) is 0 Å². The maximum atomic E-state index is 4.09. The van der Waals surface area contributed by atoms with Crippen molar-refractivity contribution in [2.75, 3.05) is 13.1 Å². The Kier molecular flexibility index (Phi) is 2.92. The average molecular weight is 180 g/mol. The fourth-order valence-electron chi connectivity index (χ4n) is 1.83. The highest BCUT2D eigenvalue weighted by atomic mass is 15.5. The Hall–Kier alpha value is -0.900. The van der Waals surface area contributed by atoms with Gasteiger partial charge in [-0.1, -0.05) is 0 Å². The second-order valence-corrected chi connectivity index (χ2v) is 3.63. The molecule has 13 heavy (non-hydrogen) atoms. The van der Waals surface area contributed by atoms with Crippen LogP contribution in [0, 0.1) is 5.92 Å². The summed E-state index contributed by atoms with van der Waals surface area (Å²) in [5.74, 6) is 0.819. The van der Waals surface area contributed by atoms with E-state index in [4.69, 9.17) is 0 Å². The lowest BCUT2D eigenvalue weighted by Gasteiger charge is -2.22. The first-order valence-corrected chi connectivity index (χ1v) is 5.00. The second kappa shape index (κ2) is 4.37. The maximum absolute atomic E-state index is 4.09. The average Bonchev–Trinajstić information content (AvgIpc) is 2.69. The monoisotopic (exact) mass is 180 g/mol. The fourth-order valence-corrected chi connectivity index (χ4v) is 1.83.